The number of aryl methyl sites for hydroxylation is 1. The van der Waals surface area contributed by atoms with Crippen molar-refractivity contribution in [3.05, 3.63) is 11.9 Å². The maximum atomic E-state index is 12.4. The van der Waals surface area contributed by atoms with Gasteiger partial charge in [-0.25, -0.2) is 4.79 Å². The maximum absolute atomic E-state index is 12.4. The van der Waals surface area contributed by atoms with Gasteiger partial charge in [0, 0.05) is 26.3 Å². The van der Waals surface area contributed by atoms with E-state index in [1.807, 2.05) is 0 Å². The van der Waals surface area contributed by atoms with Crippen molar-refractivity contribution in [2.75, 3.05) is 18.8 Å². The first-order valence-electron chi connectivity index (χ1n) is 6.63. The standard InChI is InChI=1S/C12H16N6O3/c1-17-6-7(13)8(16-17)9(19)18-4-2-12(3-5-18)10(20)14-11(21)15-12/h6H,2-5,13H2,1H3,(H2,14,15,20,21). The average Bonchev–Trinajstić information content (AvgIpc) is 2.90. The summed E-state index contributed by atoms with van der Waals surface area (Å²) >= 11 is 0. The van der Waals surface area contributed by atoms with Crippen LogP contribution in [0.3, 0.4) is 0 Å². The number of likely N-dealkylation sites (tertiary alicyclic amines) is 1. The number of hydrogen-bond acceptors (Lipinski definition) is 5. The number of aromatic nitrogens is 2. The van der Waals surface area contributed by atoms with Gasteiger partial charge in [0.2, 0.25) is 0 Å². The molecule has 0 atom stereocenters. The van der Waals surface area contributed by atoms with E-state index in [9.17, 15) is 14.4 Å². The van der Waals surface area contributed by atoms with Crippen LogP contribution in [0.4, 0.5) is 10.5 Å². The van der Waals surface area contributed by atoms with Gasteiger partial charge in [0.05, 0.1) is 5.69 Å². The topological polar surface area (TPSA) is 122 Å². The van der Waals surface area contributed by atoms with Crippen LogP contribution < -0.4 is 16.4 Å². The van der Waals surface area contributed by atoms with Gasteiger partial charge in [-0.05, 0) is 12.8 Å². The van der Waals surface area contributed by atoms with Gasteiger partial charge in [-0.2, -0.15) is 5.10 Å². The Morgan fingerprint density at radius 2 is 2.05 bits per heavy atom. The van der Waals surface area contributed by atoms with Crippen molar-refractivity contribution in [1.29, 1.82) is 0 Å². The molecule has 1 spiro atoms. The second-order valence-electron chi connectivity index (χ2n) is 5.39. The van der Waals surface area contributed by atoms with Crippen LogP contribution in [0.1, 0.15) is 23.3 Å². The van der Waals surface area contributed by atoms with Crippen LogP contribution in [-0.4, -0.2) is 51.2 Å². The molecule has 4 N–H and O–H groups in total. The van der Waals surface area contributed by atoms with Crippen molar-refractivity contribution in [3.8, 4) is 0 Å². The Labute approximate surface area is 120 Å². The summed E-state index contributed by atoms with van der Waals surface area (Å²) in [5, 5.41) is 8.94. The molecule has 2 fully saturated rings. The van der Waals surface area contributed by atoms with E-state index in [0.29, 0.717) is 31.6 Å². The molecule has 1 aromatic heterocycles. The highest BCUT2D eigenvalue weighted by Crippen LogP contribution is 2.26. The first-order valence-corrected chi connectivity index (χ1v) is 6.63. The van der Waals surface area contributed by atoms with E-state index in [1.165, 1.54) is 4.68 Å². The summed E-state index contributed by atoms with van der Waals surface area (Å²) in [6, 6.07) is -0.478. The van der Waals surface area contributed by atoms with Gasteiger partial charge in [-0.3, -0.25) is 19.6 Å². The van der Waals surface area contributed by atoms with Crippen LogP contribution in [0.5, 0.6) is 0 Å². The predicted octanol–water partition coefficient (Wildman–Crippen LogP) is -1.18. The number of nitrogens with two attached hydrogens (primary N) is 1. The monoisotopic (exact) mass is 292 g/mol. The number of urea groups is 1. The number of nitrogens with zero attached hydrogens (tertiary/aromatic N) is 3. The highest BCUT2D eigenvalue weighted by molar-refractivity contribution is 6.07. The zero-order valence-corrected chi connectivity index (χ0v) is 11.5. The van der Waals surface area contributed by atoms with Crippen molar-refractivity contribution < 1.29 is 14.4 Å². The molecule has 0 unspecified atom stereocenters. The molecule has 0 aliphatic carbocycles. The molecule has 0 bridgehead atoms. The zero-order chi connectivity index (χ0) is 15.2. The number of rotatable bonds is 1. The van der Waals surface area contributed by atoms with Gasteiger partial charge in [0.25, 0.3) is 11.8 Å². The summed E-state index contributed by atoms with van der Waals surface area (Å²) in [7, 11) is 1.69. The number of hydrogen-bond donors (Lipinski definition) is 3. The second-order valence-corrected chi connectivity index (χ2v) is 5.39. The number of nitrogens with one attached hydrogen (secondary N) is 2. The number of anilines is 1. The van der Waals surface area contributed by atoms with Gasteiger partial charge in [-0.1, -0.05) is 0 Å². The Hall–Kier alpha value is -2.58. The van der Waals surface area contributed by atoms with Gasteiger partial charge in [-0.15, -0.1) is 0 Å². The fourth-order valence-electron chi connectivity index (χ4n) is 2.79. The lowest BCUT2D eigenvalue weighted by molar-refractivity contribution is -0.125. The number of nitrogen functional groups attached to an aromatic ring is 1. The fourth-order valence-corrected chi connectivity index (χ4v) is 2.79. The minimum atomic E-state index is -0.885. The SMILES string of the molecule is Cn1cc(N)c(C(=O)N2CCC3(CC2)NC(=O)NC3=O)n1. The summed E-state index contributed by atoms with van der Waals surface area (Å²) in [5.41, 5.74) is 5.41. The minimum absolute atomic E-state index is 0.216. The van der Waals surface area contributed by atoms with Gasteiger partial charge in [0.15, 0.2) is 5.69 Å². The first-order chi connectivity index (χ1) is 9.91. The third-order valence-electron chi connectivity index (χ3n) is 3.98. The van der Waals surface area contributed by atoms with Crippen LogP contribution in [0.25, 0.3) is 0 Å². The molecule has 112 valence electrons. The van der Waals surface area contributed by atoms with Crippen molar-refractivity contribution in [3.63, 3.8) is 0 Å². The number of piperidine rings is 1. The second kappa shape index (κ2) is 4.47. The Bertz CT molecular complexity index is 629. The summed E-state index contributed by atoms with van der Waals surface area (Å²) in [6.45, 7) is 0.727. The summed E-state index contributed by atoms with van der Waals surface area (Å²) in [6.07, 6.45) is 2.33. The lowest BCUT2D eigenvalue weighted by Gasteiger charge is -2.36. The summed E-state index contributed by atoms with van der Waals surface area (Å²) < 4.78 is 1.48. The Morgan fingerprint density at radius 3 is 2.52 bits per heavy atom. The molecule has 0 radical (unpaired) electrons. The molecular formula is C12H16N6O3. The zero-order valence-electron chi connectivity index (χ0n) is 11.5. The van der Waals surface area contributed by atoms with Crippen LogP contribution in [-0.2, 0) is 11.8 Å². The Balaban J connectivity index is 1.71. The molecule has 9 heteroatoms. The number of carbonyl (C=O) groups is 3. The molecule has 3 rings (SSSR count). The van der Waals surface area contributed by atoms with Crippen LogP contribution in [0.15, 0.2) is 6.20 Å². The minimum Gasteiger partial charge on any atom is -0.396 e. The summed E-state index contributed by atoms with van der Waals surface area (Å²) in [5.74, 6) is -0.579. The van der Waals surface area contributed by atoms with E-state index >= 15 is 0 Å². The first kappa shape index (κ1) is 13.4. The number of carbonyl (C=O) groups excluding carboxylic acids is 3. The molecule has 2 aliphatic rings. The molecule has 2 aliphatic heterocycles. The Morgan fingerprint density at radius 1 is 1.38 bits per heavy atom. The lowest BCUT2D eigenvalue weighted by Crippen LogP contribution is -2.55. The molecule has 21 heavy (non-hydrogen) atoms. The molecule has 0 saturated carbocycles. The third-order valence-corrected chi connectivity index (χ3v) is 3.98. The highest BCUT2D eigenvalue weighted by atomic mass is 16.2. The molecular weight excluding hydrogens is 276 g/mol. The van der Waals surface area contributed by atoms with E-state index in [4.69, 9.17) is 5.73 Å². The molecule has 0 aromatic carbocycles. The van der Waals surface area contributed by atoms with Gasteiger partial charge < -0.3 is 16.0 Å². The van der Waals surface area contributed by atoms with Crippen LogP contribution in [0.2, 0.25) is 0 Å². The maximum Gasteiger partial charge on any atom is 0.322 e. The smallest absolute Gasteiger partial charge is 0.322 e. The third kappa shape index (κ3) is 2.10. The molecule has 4 amide bonds. The predicted molar refractivity (Wildman–Crippen MR) is 72.2 cm³/mol. The molecule has 3 heterocycles. The van der Waals surface area contributed by atoms with E-state index in [-0.39, 0.29) is 17.5 Å². The fraction of sp³-hybridized carbons (Fsp3) is 0.500. The largest absolute Gasteiger partial charge is 0.396 e. The van der Waals surface area contributed by atoms with Gasteiger partial charge in [0.1, 0.15) is 5.54 Å². The van der Waals surface area contributed by atoms with Crippen LogP contribution >= 0.6 is 0 Å². The molecule has 1 aromatic rings. The highest BCUT2D eigenvalue weighted by Gasteiger charge is 2.48. The van der Waals surface area contributed by atoms with Crippen molar-refractivity contribution in [2.24, 2.45) is 7.05 Å². The van der Waals surface area contributed by atoms with E-state index < -0.39 is 11.6 Å². The van der Waals surface area contributed by atoms with Crippen molar-refractivity contribution in [2.45, 2.75) is 18.4 Å². The molecule has 2 saturated heterocycles. The molecule has 9 nitrogen and oxygen atoms in total. The lowest BCUT2D eigenvalue weighted by atomic mass is 9.87. The van der Waals surface area contributed by atoms with Gasteiger partial charge >= 0.3 is 6.03 Å². The quantitative estimate of drug-likeness (QED) is 0.562. The number of amides is 4. The normalized spacial score (nSPS) is 20.5. The summed E-state index contributed by atoms with van der Waals surface area (Å²) in [4.78, 5) is 37.1. The Kier molecular flexibility index (Phi) is 2.85. The van der Waals surface area contributed by atoms with E-state index in [0.717, 1.165) is 0 Å². The van der Waals surface area contributed by atoms with Crippen LogP contribution in [0, 0.1) is 0 Å². The average molecular weight is 292 g/mol. The van der Waals surface area contributed by atoms with Crippen molar-refractivity contribution in [1.82, 2.24) is 25.3 Å². The van der Waals surface area contributed by atoms with E-state index in [2.05, 4.69) is 15.7 Å². The van der Waals surface area contributed by atoms with Crippen molar-refractivity contribution >= 4 is 23.5 Å². The number of imide groups is 1. The van der Waals surface area contributed by atoms with E-state index in [1.54, 1.807) is 18.1 Å².